The minimum absolute atomic E-state index is 0.215. The van der Waals surface area contributed by atoms with Crippen LogP contribution in [0.5, 0.6) is 5.88 Å². The van der Waals surface area contributed by atoms with Crippen molar-refractivity contribution in [3.8, 4) is 5.88 Å². The summed E-state index contributed by atoms with van der Waals surface area (Å²) in [4.78, 5) is 19.1. The molecule has 2 aromatic heterocycles. The van der Waals surface area contributed by atoms with Gasteiger partial charge in [-0.3, -0.25) is 0 Å². The Morgan fingerprint density at radius 2 is 1.96 bits per heavy atom. The second-order valence-electron chi connectivity index (χ2n) is 6.04. The summed E-state index contributed by atoms with van der Waals surface area (Å²) in [5, 5.41) is 5.46. The van der Waals surface area contributed by atoms with Crippen molar-refractivity contribution in [1.29, 1.82) is 0 Å². The lowest BCUT2D eigenvalue weighted by Gasteiger charge is -2.08. The van der Waals surface area contributed by atoms with E-state index in [4.69, 9.17) is 9.47 Å². The number of H-pyrrole nitrogens is 1. The lowest BCUT2D eigenvalue weighted by molar-refractivity contribution is 0.103. The Hall–Kier alpha value is -3.54. The van der Waals surface area contributed by atoms with Crippen LogP contribution in [-0.4, -0.2) is 22.7 Å². The SMILES string of the molecule is CCOC(=O)Oc1cc2c(cn1)[nH]c1cccc(CNc3ccccc3)c12. The number of para-hydroxylation sites is 1. The molecule has 0 amide bonds. The zero-order valence-electron chi connectivity index (χ0n) is 14.9. The van der Waals surface area contributed by atoms with Crippen LogP contribution in [0.4, 0.5) is 10.5 Å². The summed E-state index contributed by atoms with van der Waals surface area (Å²) in [5.41, 5.74) is 4.08. The van der Waals surface area contributed by atoms with Gasteiger partial charge in [-0.25, -0.2) is 9.78 Å². The molecule has 0 aliphatic heterocycles. The van der Waals surface area contributed by atoms with Gasteiger partial charge < -0.3 is 19.8 Å². The van der Waals surface area contributed by atoms with Gasteiger partial charge in [0.15, 0.2) is 0 Å². The van der Waals surface area contributed by atoms with Crippen molar-refractivity contribution in [1.82, 2.24) is 9.97 Å². The number of carbonyl (C=O) groups is 1. The Morgan fingerprint density at radius 3 is 2.78 bits per heavy atom. The van der Waals surface area contributed by atoms with E-state index in [0.29, 0.717) is 6.54 Å². The first-order valence-corrected chi connectivity index (χ1v) is 8.77. The second-order valence-corrected chi connectivity index (χ2v) is 6.04. The molecule has 2 heterocycles. The summed E-state index contributed by atoms with van der Waals surface area (Å²) < 4.78 is 9.97. The number of pyridine rings is 1. The third kappa shape index (κ3) is 3.55. The van der Waals surface area contributed by atoms with Crippen LogP contribution < -0.4 is 10.1 Å². The number of anilines is 1. The highest BCUT2D eigenvalue weighted by molar-refractivity contribution is 6.09. The summed E-state index contributed by atoms with van der Waals surface area (Å²) in [5.74, 6) is 0.215. The van der Waals surface area contributed by atoms with E-state index in [-0.39, 0.29) is 12.5 Å². The first-order valence-electron chi connectivity index (χ1n) is 8.77. The van der Waals surface area contributed by atoms with Crippen LogP contribution in [0.2, 0.25) is 0 Å². The molecule has 136 valence electrons. The van der Waals surface area contributed by atoms with Crippen LogP contribution in [-0.2, 0) is 11.3 Å². The monoisotopic (exact) mass is 361 g/mol. The number of aromatic amines is 1. The van der Waals surface area contributed by atoms with Crippen LogP contribution in [0, 0.1) is 0 Å². The molecule has 0 aliphatic rings. The molecule has 27 heavy (non-hydrogen) atoms. The topological polar surface area (TPSA) is 76.2 Å². The molecule has 2 N–H and O–H groups in total. The average Bonchev–Trinajstić information content (AvgIpc) is 3.06. The first-order chi connectivity index (χ1) is 13.2. The Bertz CT molecular complexity index is 1090. The Balaban J connectivity index is 1.70. The van der Waals surface area contributed by atoms with Gasteiger partial charge in [-0.15, -0.1) is 0 Å². The van der Waals surface area contributed by atoms with Crippen molar-refractivity contribution >= 4 is 33.6 Å². The molecule has 4 aromatic rings. The fraction of sp³-hybridized carbons (Fsp3) is 0.143. The molecule has 0 atom stereocenters. The number of nitrogens with zero attached hydrogens (tertiary/aromatic N) is 1. The van der Waals surface area contributed by atoms with E-state index < -0.39 is 6.16 Å². The lowest BCUT2D eigenvalue weighted by atomic mass is 10.1. The molecule has 0 saturated carbocycles. The maximum Gasteiger partial charge on any atom is 0.515 e. The first kappa shape index (κ1) is 16.9. The van der Waals surface area contributed by atoms with Gasteiger partial charge in [0.05, 0.1) is 18.3 Å². The largest absolute Gasteiger partial charge is 0.515 e. The molecule has 0 aliphatic carbocycles. The average molecular weight is 361 g/mol. The quantitative estimate of drug-likeness (QED) is 0.496. The fourth-order valence-electron chi connectivity index (χ4n) is 3.10. The second kappa shape index (κ2) is 7.37. The van der Waals surface area contributed by atoms with E-state index in [2.05, 4.69) is 21.4 Å². The number of hydrogen-bond acceptors (Lipinski definition) is 5. The van der Waals surface area contributed by atoms with E-state index in [1.165, 1.54) is 0 Å². The van der Waals surface area contributed by atoms with E-state index >= 15 is 0 Å². The number of hydrogen-bond donors (Lipinski definition) is 2. The molecule has 0 fully saturated rings. The van der Waals surface area contributed by atoms with E-state index in [0.717, 1.165) is 33.1 Å². The highest BCUT2D eigenvalue weighted by atomic mass is 16.7. The van der Waals surface area contributed by atoms with Crippen molar-refractivity contribution in [2.75, 3.05) is 11.9 Å². The van der Waals surface area contributed by atoms with Gasteiger partial charge >= 0.3 is 6.16 Å². The zero-order valence-corrected chi connectivity index (χ0v) is 14.9. The van der Waals surface area contributed by atoms with Crippen LogP contribution in [0.3, 0.4) is 0 Å². The predicted octanol–water partition coefficient (Wildman–Crippen LogP) is 4.86. The number of rotatable bonds is 5. The van der Waals surface area contributed by atoms with E-state index in [1.54, 1.807) is 19.2 Å². The van der Waals surface area contributed by atoms with Gasteiger partial charge in [0, 0.05) is 34.6 Å². The summed E-state index contributed by atoms with van der Waals surface area (Å²) in [7, 11) is 0. The van der Waals surface area contributed by atoms with Crippen molar-refractivity contribution in [2.24, 2.45) is 0 Å². The van der Waals surface area contributed by atoms with E-state index in [9.17, 15) is 4.79 Å². The fourth-order valence-corrected chi connectivity index (χ4v) is 3.10. The zero-order chi connectivity index (χ0) is 18.6. The number of benzene rings is 2. The smallest absolute Gasteiger partial charge is 0.434 e. The number of ether oxygens (including phenoxy) is 2. The van der Waals surface area contributed by atoms with Gasteiger partial charge in [0.25, 0.3) is 0 Å². The maximum atomic E-state index is 11.6. The third-order valence-corrected chi connectivity index (χ3v) is 4.28. The number of fused-ring (bicyclic) bond motifs is 3. The summed E-state index contributed by atoms with van der Waals surface area (Å²) in [6, 6.07) is 17.9. The molecular formula is C21H19N3O3. The predicted molar refractivity (Wildman–Crippen MR) is 105 cm³/mol. The molecule has 4 rings (SSSR count). The minimum atomic E-state index is -0.754. The van der Waals surface area contributed by atoms with E-state index in [1.807, 2.05) is 42.5 Å². The van der Waals surface area contributed by atoms with Crippen LogP contribution in [0.15, 0.2) is 60.8 Å². The molecular weight excluding hydrogens is 342 g/mol. The van der Waals surface area contributed by atoms with Crippen LogP contribution >= 0.6 is 0 Å². The van der Waals surface area contributed by atoms with Crippen LogP contribution in [0.25, 0.3) is 21.8 Å². The Kier molecular flexibility index (Phi) is 4.61. The van der Waals surface area contributed by atoms with Crippen LogP contribution in [0.1, 0.15) is 12.5 Å². The molecule has 2 aromatic carbocycles. The van der Waals surface area contributed by atoms with Crippen molar-refractivity contribution in [2.45, 2.75) is 13.5 Å². The molecule has 0 radical (unpaired) electrons. The molecule has 0 saturated heterocycles. The van der Waals surface area contributed by atoms with Gasteiger partial charge in [-0.1, -0.05) is 30.3 Å². The van der Waals surface area contributed by atoms with Gasteiger partial charge in [-0.05, 0) is 30.7 Å². The standard InChI is InChI=1S/C21H19N3O3/c1-2-26-21(25)27-19-11-16-18(13-23-19)24-17-10-6-7-14(20(16)17)12-22-15-8-4-3-5-9-15/h3-11,13,22,24H,2,12H2,1H3. The lowest BCUT2D eigenvalue weighted by Crippen LogP contribution is -2.10. The molecule has 6 nitrogen and oxygen atoms in total. The number of aromatic nitrogens is 2. The summed E-state index contributed by atoms with van der Waals surface area (Å²) in [6.07, 6.45) is 0.910. The molecule has 0 unspecified atom stereocenters. The highest BCUT2D eigenvalue weighted by Gasteiger charge is 2.12. The maximum absolute atomic E-state index is 11.6. The summed E-state index contributed by atoms with van der Waals surface area (Å²) >= 11 is 0. The van der Waals surface area contributed by atoms with Gasteiger partial charge in [0.2, 0.25) is 5.88 Å². The third-order valence-electron chi connectivity index (χ3n) is 4.28. The van der Waals surface area contributed by atoms with Gasteiger partial charge in [-0.2, -0.15) is 0 Å². The van der Waals surface area contributed by atoms with Crippen molar-refractivity contribution in [3.63, 3.8) is 0 Å². The Labute approximate surface area is 156 Å². The normalized spacial score (nSPS) is 10.9. The molecule has 0 spiro atoms. The Morgan fingerprint density at radius 1 is 1.11 bits per heavy atom. The summed E-state index contributed by atoms with van der Waals surface area (Å²) in [6.45, 7) is 2.65. The number of nitrogens with one attached hydrogen (secondary N) is 2. The minimum Gasteiger partial charge on any atom is -0.434 e. The molecule has 0 bridgehead atoms. The number of carbonyl (C=O) groups excluding carboxylic acids is 1. The molecule has 6 heteroatoms. The van der Waals surface area contributed by atoms with Crippen molar-refractivity contribution < 1.29 is 14.3 Å². The highest BCUT2D eigenvalue weighted by Crippen LogP contribution is 2.30. The van der Waals surface area contributed by atoms with Crippen molar-refractivity contribution in [3.05, 3.63) is 66.4 Å². The van der Waals surface area contributed by atoms with Gasteiger partial charge in [0.1, 0.15) is 0 Å².